The van der Waals surface area contributed by atoms with Gasteiger partial charge < -0.3 is 9.84 Å². The van der Waals surface area contributed by atoms with E-state index in [9.17, 15) is 0 Å². The first kappa shape index (κ1) is 17.6. The van der Waals surface area contributed by atoms with Gasteiger partial charge in [0, 0.05) is 42.7 Å². The summed E-state index contributed by atoms with van der Waals surface area (Å²) < 4.78 is 5.53. The molecule has 1 N–H and O–H groups in total. The molecule has 1 saturated carbocycles. The Bertz CT molecular complexity index is 1170. The number of likely N-dealkylation sites (tertiary alicyclic amines) is 1. The Labute approximate surface area is 174 Å². The second-order valence-corrected chi connectivity index (χ2v) is 8.68. The molecular formula is C24H23N5O. The van der Waals surface area contributed by atoms with Crippen LogP contribution in [0.5, 0.6) is 0 Å². The summed E-state index contributed by atoms with van der Waals surface area (Å²) in [6.07, 6.45) is 4.03. The van der Waals surface area contributed by atoms with Crippen LogP contribution in [-0.4, -0.2) is 39.2 Å². The molecule has 6 nitrogen and oxygen atoms in total. The van der Waals surface area contributed by atoms with Crippen molar-refractivity contribution >= 4 is 16.7 Å². The van der Waals surface area contributed by atoms with Crippen LogP contribution in [0.1, 0.15) is 18.5 Å². The fourth-order valence-electron chi connectivity index (χ4n) is 5.03. The normalized spacial score (nSPS) is 18.3. The largest absolute Gasteiger partial charge is 0.367 e. The number of hydrogen-bond acceptors (Lipinski definition) is 6. The summed E-state index contributed by atoms with van der Waals surface area (Å²) in [4.78, 5) is 11.3. The fourth-order valence-corrected chi connectivity index (χ4v) is 5.03. The monoisotopic (exact) mass is 397 g/mol. The van der Waals surface area contributed by atoms with Crippen molar-refractivity contribution < 1.29 is 4.52 Å². The molecule has 30 heavy (non-hydrogen) atoms. The van der Waals surface area contributed by atoms with Crippen molar-refractivity contribution in [2.45, 2.75) is 25.4 Å². The number of fused-ring (bicyclic) bond motifs is 1. The lowest BCUT2D eigenvalue weighted by Gasteiger charge is -2.59. The molecule has 6 heteroatoms. The Morgan fingerprint density at radius 3 is 2.67 bits per heavy atom. The highest BCUT2D eigenvalue weighted by molar-refractivity contribution is 5.88. The van der Waals surface area contributed by atoms with Gasteiger partial charge in [0.1, 0.15) is 12.1 Å². The van der Waals surface area contributed by atoms with Crippen LogP contribution in [0.25, 0.3) is 22.2 Å². The minimum absolute atomic E-state index is 0.451. The molecule has 2 aliphatic rings. The van der Waals surface area contributed by atoms with E-state index in [0.29, 0.717) is 11.5 Å². The van der Waals surface area contributed by atoms with Crippen molar-refractivity contribution in [1.82, 2.24) is 20.0 Å². The number of rotatable bonds is 5. The van der Waals surface area contributed by atoms with Crippen molar-refractivity contribution in [1.29, 1.82) is 0 Å². The van der Waals surface area contributed by atoms with Gasteiger partial charge in [-0.1, -0.05) is 47.6 Å². The molecule has 1 spiro atoms. The molecule has 2 fully saturated rings. The number of anilines is 1. The van der Waals surface area contributed by atoms with Gasteiger partial charge >= 0.3 is 0 Å². The van der Waals surface area contributed by atoms with Crippen molar-refractivity contribution in [3.63, 3.8) is 0 Å². The Hall–Kier alpha value is -3.25. The Morgan fingerprint density at radius 1 is 1.00 bits per heavy atom. The maximum Gasteiger partial charge on any atom is 0.167 e. The smallest absolute Gasteiger partial charge is 0.167 e. The third kappa shape index (κ3) is 3.13. The number of nitrogens with one attached hydrogen (secondary N) is 1. The lowest BCUT2D eigenvalue weighted by Crippen LogP contribution is -2.64. The van der Waals surface area contributed by atoms with E-state index in [0.717, 1.165) is 53.4 Å². The highest BCUT2D eigenvalue weighted by atomic mass is 16.5. The van der Waals surface area contributed by atoms with E-state index in [1.165, 1.54) is 12.8 Å². The molecule has 6 rings (SSSR count). The molecule has 1 aliphatic carbocycles. The van der Waals surface area contributed by atoms with Crippen LogP contribution < -0.4 is 5.32 Å². The summed E-state index contributed by atoms with van der Waals surface area (Å²) >= 11 is 0. The first-order valence-corrected chi connectivity index (χ1v) is 10.5. The van der Waals surface area contributed by atoms with Crippen LogP contribution in [0.2, 0.25) is 0 Å². The molecule has 0 radical (unpaired) electrons. The Kier molecular flexibility index (Phi) is 4.06. The van der Waals surface area contributed by atoms with Gasteiger partial charge in [-0.2, -0.15) is 0 Å². The van der Waals surface area contributed by atoms with E-state index in [1.54, 1.807) is 6.33 Å². The van der Waals surface area contributed by atoms with Crippen LogP contribution in [0, 0.1) is 5.41 Å². The van der Waals surface area contributed by atoms with Crippen molar-refractivity contribution in [3.05, 3.63) is 72.7 Å². The second-order valence-electron chi connectivity index (χ2n) is 8.68. The first-order valence-electron chi connectivity index (χ1n) is 10.5. The molecule has 4 aromatic rings. The van der Waals surface area contributed by atoms with Crippen molar-refractivity contribution in [2.75, 3.05) is 18.4 Å². The van der Waals surface area contributed by atoms with E-state index in [1.807, 2.05) is 48.5 Å². The summed E-state index contributed by atoms with van der Waals surface area (Å²) in [5, 5.41) is 8.99. The van der Waals surface area contributed by atoms with Crippen LogP contribution >= 0.6 is 0 Å². The number of para-hydroxylation sites is 1. The van der Waals surface area contributed by atoms with Gasteiger partial charge in [-0.25, -0.2) is 9.97 Å². The molecular weight excluding hydrogens is 374 g/mol. The molecule has 0 bridgehead atoms. The van der Waals surface area contributed by atoms with Crippen molar-refractivity contribution in [2.24, 2.45) is 5.41 Å². The molecule has 0 unspecified atom stereocenters. The topological polar surface area (TPSA) is 67.1 Å². The third-order valence-electron chi connectivity index (χ3n) is 6.36. The maximum absolute atomic E-state index is 5.53. The first-order chi connectivity index (χ1) is 14.8. The van der Waals surface area contributed by atoms with Gasteiger partial charge in [-0.15, -0.1) is 0 Å². The van der Waals surface area contributed by atoms with Crippen LogP contribution in [0.15, 0.2) is 71.5 Å². The molecule has 150 valence electrons. The van der Waals surface area contributed by atoms with Crippen LogP contribution in [0.4, 0.5) is 5.82 Å². The summed E-state index contributed by atoms with van der Waals surface area (Å²) in [7, 11) is 0. The number of hydrogen-bond donors (Lipinski definition) is 1. The van der Waals surface area contributed by atoms with Crippen molar-refractivity contribution in [3.8, 4) is 11.3 Å². The fraction of sp³-hybridized carbons (Fsp3) is 0.292. The molecule has 0 amide bonds. The van der Waals surface area contributed by atoms with Gasteiger partial charge in [0.2, 0.25) is 0 Å². The molecule has 3 heterocycles. The summed E-state index contributed by atoms with van der Waals surface area (Å²) in [5.41, 5.74) is 3.51. The van der Waals surface area contributed by atoms with E-state index in [4.69, 9.17) is 4.52 Å². The van der Waals surface area contributed by atoms with E-state index in [-0.39, 0.29) is 0 Å². The molecule has 1 aliphatic heterocycles. The molecule has 0 atom stereocenters. The van der Waals surface area contributed by atoms with Gasteiger partial charge in [-0.05, 0) is 30.4 Å². The minimum Gasteiger partial charge on any atom is -0.367 e. The SMILES string of the molecule is c1ccc(-c2cc(CN3CC4(CC(Nc5ncnc6ccccc56)C4)C3)no2)cc1. The average Bonchev–Trinajstić information content (AvgIpc) is 3.20. The lowest BCUT2D eigenvalue weighted by molar-refractivity contribution is -0.0720. The summed E-state index contributed by atoms with van der Waals surface area (Å²) in [6, 6.07) is 20.8. The van der Waals surface area contributed by atoms with Crippen LogP contribution in [0.3, 0.4) is 0 Å². The van der Waals surface area contributed by atoms with Gasteiger partial charge in [0.15, 0.2) is 5.76 Å². The molecule has 2 aromatic carbocycles. The third-order valence-corrected chi connectivity index (χ3v) is 6.36. The zero-order valence-corrected chi connectivity index (χ0v) is 16.7. The maximum atomic E-state index is 5.53. The van der Waals surface area contributed by atoms with Crippen LogP contribution in [-0.2, 0) is 6.54 Å². The van der Waals surface area contributed by atoms with Gasteiger partial charge in [-0.3, -0.25) is 4.90 Å². The average molecular weight is 397 g/mol. The van der Waals surface area contributed by atoms with E-state index < -0.39 is 0 Å². The Balaban J connectivity index is 1.03. The minimum atomic E-state index is 0.451. The number of nitrogens with zero attached hydrogens (tertiary/aromatic N) is 4. The quantitative estimate of drug-likeness (QED) is 0.540. The molecule has 2 aromatic heterocycles. The second kappa shape index (κ2) is 6.92. The number of benzene rings is 2. The van der Waals surface area contributed by atoms with Gasteiger partial charge in [0.25, 0.3) is 0 Å². The zero-order valence-electron chi connectivity index (χ0n) is 16.7. The highest BCUT2D eigenvalue weighted by Crippen LogP contribution is 2.49. The number of aromatic nitrogens is 3. The highest BCUT2D eigenvalue weighted by Gasteiger charge is 2.52. The predicted molar refractivity (Wildman–Crippen MR) is 116 cm³/mol. The lowest BCUT2D eigenvalue weighted by atomic mass is 9.60. The predicted octanol–water partition coefficient (Wildman–Crippen LogP) is 4.36. The van der Waals surface area contributed by atoms with Gasteiger partial charge in [0.05, 0.1) is 11.2 Å². The summed E-state index contributed by atoms with van der Waals surface area (Å²) in [6.45, 7) is 3.11. The molecule has 1 saturated heterocycles. The standard InChI is InChI=1S/C24H23N5O/c1-2-6-17(7-3-1)22-10-18(28-30-22)13-29-14-24(15-29)11-19(12-24)27-23-20-8-4-5-9-21(20)25-16-26-23/h1-10,16,19H,11-15H2,(H,25,26,27). The zero-order chi connectivity index (χ0) is 20.0. The summed E-state index contributed by atoms with van der Waals surface area (Å²) in [5.74, 6) is 1.79. The Morgan fingerprint density at radius 2 is 1.80 bits per heavy atom. The van der Waals surface area contributed by atoms with E-state index in [2.05, 4.69) is 37.5 Å². The van der Waals surface area contributed by atoms with E-state index >= 15 is 0 Å².